The molecule has 1 aromatic rings. The lowest BCUT2D eigenvalue weighted by Gasteiger charge is -2.36. The molecule has 1 atom stereocenters. The minimum atomic E-state index is -1.63. The lowest BCUT2D eigenvalue weighted by Crippen LogP contribution is -2.41. The van der Waals surface area contributed by atoms with E-state index in [1.54, 1.807) is 6.26 Å². The maximum atomic E-state index is 6.24. The van der Waals surface area contributed by atoms with Crippen LogP contribution in [-0.2, 0) is 15.6 Å². The fourth-order valence-electron chi connectivity index (χ4n) is 2.17. The van der Waals surface area contributed by atoms with Gasteiger partial charge in [-0.25, -0.2) is 0 Å². The first-order valence-electron chi connectivity index (χ1n) is 8.04. The summed E-state index contributed by atoms with van der Waals surface area (Å²) in [6, 6.07) is 8.67. The van der Waals surface area contributed by atoms with Crippen LogP contribution in [0.1, 0.15) is 33.3 Å². The molecule has 0 fully saturated rings. The number of ether oxygens (including phenoxy) is 1. The number of hydrogen-bond acceptors (Lipinski definition) is 3. The van der Waals surface area contributed by atoms with Crippen LogP contribution in [-0.4, -0.2) is 21.2 Å². The van der Waals surface area contributed by atoms with E-state index in [0.717, 1.165) is 18.7 Å². The van der Waals surface area contributed by atoms with Gasteiger partial charge in [0.2, 0.25) is 0 Å². The Hall–Kier alpha value is -1.26. The zero-order chi connectivity index (χ0) is 16.4. The van der Waals surface area contributed by atoms with Crippen LogP contribution in [0.25, 0.3) is 0 Å². The van der Waals surface area contributed by atoms with E-state index in [-0.39, 0.29) is 11.3 Å². The van der Waals surface area contributed by atoms with Gasteiger partial charge in [-0.2, -0.15) is 0 Å². The molecule has 0 N–H and O–H groups in total. The Morgan fingerprint density at radius 2 is 1.82 bits per heavy atom. The van der Waals surface area contributed by atoms with Crippen molar-refractivity contribution in [3.8, 4) is 0 Å². The van der Waals surface area contributed by atoms with Crippen molar-refractivity contribution in [2.45, 2.75) is 58.5 Å². The topological polar surface area (TPSA) is 21.7 Å². The van der Waals surface area contributed by atoms with Crippen molar-refractivity contribution in [3.63, 3.8) is 0 Å². The number of anilines is 1. The van der Waals surface area contributed by atoms with Crippen LogP contribution < -0.4 is 4.90 Å². The van der Waals surface area contributed by atoms with Gasteiger partial charge in [-0.15, -0.1) is 0 Å². The summed E-state index contributed by atoms with van der Waals surface area (Å²) in [5, 5.41) is 0.273. The summed E-state index contributed by atoms with van der Waals surface area (Å²) in [5.74, 6) is 0. The van der Waals surface area contributed by atoms with Crippen molar-refractivity contribution in [2.75, 3.05) is 11.5 Å². The second kappa shape index (κ2) is 6.47. The van der Waals surface area contributed by atoms with Gasteiger partial charge in [-0.1, -0.05) is 32.9 Å². The summed E-state index contributed by atoms with van der Waals surface area (Å²) in [4.78, 5) is 2.12. The average Bonchev–Trinajstić information content (AvgIpc) is 2.84. The van der Waals surface area contributed by atoms with Crippen molar-refractivity contribution in [2.24, 2.45) is 0 Å². The van der Waals surface area contributed by atoms with E-state index in [1.165, 1.54) is 5.56 Å². The van der Waals surface area contributed by atoms with Crippen LogP contribution in [0.5, 0.6) is 0 Å². The third kappa shape index (κ3) is 3.93. The molecule has 0 aromatic heterocycles. The van der Waals surface area contributed by atoms with E-state index >= 15 is 0 Å². The standard InChI is InChI=1S/C18H29NO2Si/c1-15-19(12-14-20-15)17-9-7-16(8-10-17)11-13-21-22(5,6)18(2,3)4/h7-10,12,14-15H,11,13H2,1-6H3. The smallest absolute Gasteiger partial charge is 0.191 e. The lowest BCUT2D eigenvalue weighted by molar-refractivity contribution is 0.190. The van der Waals surface area contributed by atoms with E-state index in [4.69, 9.17) is 9.16 Å². The first-order valence-corrected chi connectivity index (χ1v) is 10.9. The van der Waals surface area contributed by atoms with Gasteiger partial charge < -0.3 is 14.1 Å². The molecular formula is C18H29NO2Si. The molecule has 122 valence electrons. The molecule has 1 aliphatic heterocycles. The number of rotatable bonds is 5. The molecule has 4 heteroatoms. The number of nitrogens with zero attached hydrogens (tertiary/aromatic N) is 1. The molecule has 0 aliphatic carbocycles. The van der Waals surface area contributed by atoms with E-state index in [9.17, 15) is 0 Å². The van der Waals surface area contributed by atoms with Gasteiger partial charge >= 0.3 is 0 Å². The zero-order valence-corrected chi connectivity index (χ0v) is 15.7. The van der Waals surface area contributed by atoms with Crippen molar-refractivity contribution < 1.29 is 9.16 Å². The maximum Gasteiger partial charge on any atom is 0.191 e. The maximum absolute atomic E-state index is 6.24. The zero-order valence-electron chi connectivity index (χ0n) is 14.7. The monoisotopic (exact) mass is 319 g/mol. The van der Waals surface area contributed by atoms with Crippen molar-refractivity contribution in [3.05, 3.63) is 42.3 Å². The van der Waals surface area contributed by atoms with Gasteiger partial charge in [-0.05, 0) is 49.2 Å². The second-order valence-corrected chi connectivity index (χ2v) is 12.3. The summed E-state index contributed by atoms with van der Waals surface area (Å²) in [5.41, 5.74) is 2.48. The summed E-state index contributed by atoms with van der Waals surface area (Å²) in [7, 11) is -1.63. The second-order valence-electron chi connectivity index (χ2n) is 7.45. The molecule has 1 unspecified atom stereocenters. The highest BCUT2D eigenvalue weighted by atomic mass is 28.4. The van der Waals surface area contributed by atoms with E-state index in [0.29, 0.717) is 0 Å². The largest absolute Gasteiger partial charge is 0.477 e. The summed E-state index contributed by atoms with van der Waals surface area (Å²) in [6.45, 7) is 14.3. The molecule has 22 heavy (non-hydrogen) atoms. The highest BCUT2D eigenvalue weighted by molar-refractivity contribution is 6.74. The van der Waals surface area contributed by atoms with Gasteiger partial charge in [0.1, 0.15) is 6.26 Å². The van der Waals surface area contributed by atoms with Gasteiger partial charge in [0.25, 0.3) is 0 Å². The molecule has 1 aliphatic rings. The van der Waals surface area contributed by atoms with Crippen molar-refractivity contribution in [1.82, 2.24) is 0 Å². The first-order chi connectivity index (χ1) is 10.2. The molecule has 1 heterocycles. The molecular weight excluding hydrogens is 290 g/mol. The molecule has 0 radical (unpaired) electrons. The first kappa shape index (κ1) is 17.1. The Morgan fingerprint density at radius 1 is 1.18 bits per heavy atom. The van der Waals surface area contributed by atoms with Crippen LogP contribution in [0.15, 0.2) is 36.7 Å². The highest BCUT2D eigenvalue weighted by Crippen LogP contribution is 2.36. The predicted octanol–water partition coefficient (Wildman–Crippen LogP) is 4.90. The summed E-state index contributed by atoms with van der Waals surface area (Å²) >= 11 is 0. The molecule has 0 amide bonds. The van der Waals surface area contributed by atoms with Gasteiger partial charge in [0, 0.05) is 18.5 Å². The Balaban J connectivity index is 1.88. The van der Waals surface area contributed by atoms with E-state index in [2.05, 4.69) is 63.0 Å². The van der Waals surface area contributed by atoms with Gasteiger partial charge in [-0.3, -0.25) is 0 Å². The van der Waals surface area contributed by atoms with Crippen molar-refractivity contribution in [1.29, 1.82) is 0 Å². The fourth-order valence-corrected chi connectivity index (χ4v) is 3.22. The van der Waals surface area contributed by atoms with Gasteiger partial charge in [0.15, 0.2) is 14.5 Å². The molecule has 0 saturated carbocycles. The van der Waals surface area contributed by atoms with Crippen LogP contribution in [0.4, 0.5) is 5.69 Å². The number of hydrogen-bond donors (Lipinski definition) is 0. The SMILES string of the molecule is CC1OC=CN1c1ccc(CCO[Si](C)(C)C(C)(C)C)cc1. The third-order valence-corrected chi connectivity index (χ3v) is 9.32. The number of benzene rings is 1. The minimum absolute atomic E-state index is 0.0766. The van der Waals surface area contributed by atoms with Crippen LogP contribution in [0, 0.1) is 0 Å². The van der Waals surface area contributed by atoms with Crippen LogP contribution in [0.3, 0.4) is 0 Å². The summed E-state index contributed by atoms with van der Waals surface area (Å²) in [6.07, 6.45) is 4.76. The Morgan fingerprint density at radius 3 is 2.32 bits per heavy atom. The third-order valence-electron chi connectivity index (χ3n) is 4.78. The predicted molar refractivity (Wildman–Crippen MR) is 95.5 cm³/mol. The molecule has 1 aromatic carbocycles. The molecule has 2 rings (SSSR count). The average molecular weight is 320 g/mol. The lowest BCUT2D eigenvalue weighted by atomic mass is 10.1. The Labute approximate surface area is 136 Å². The highest BCUT2D eigenvalue weighted by Gasteiger charge is 2.36. The van der Waals surface area contributed by atoms with E-state index < -0.39 is 8.32 Å². The molecule has 0 saturated heterocycles. The quantitative estimate of drug-likeness (QED) is 0.720. The molecule has 0 bridgehead atoms. The fraction of sp³-hybridized carbons (Fsp3) is 0.556. The Bertz CT molecular complexity index is 517. The van der Waals surface area contributed by atoms with Gasteiger partial charge in [0.05, 0.1) is 0 Å². The molecule has 0 spiro atoms. The normalized spacial score (nSPS) is 18.6. The molecule has 3 nitrogen and oxygen atoms in total. The van der Waals surface area contributed by atoms with Crippen LogP contribution >= 0.6 is 0 Å². The van der Waals surface area contributed by atoms with E-state index in [1.807, 2.05) is 13.1 Å². The summed E-state index contributed by atoms with van der Waals surface area (Å²) < 4.78 is 11.7. The van der Waals surface area contributed by atoms with Crippen molar-refractivity contribution >= 4 is 14.0 Å². The van der Waals surface area contributed by atoms with Crippen LogP contribution in [0.2, 0.25) is 18.1 Å². The Kier molecular flexibility index (Phi) is 5.02. The minimum Gasteiger partial charge on any atom is -0.477 e.